The molecule has 0 aliphatic heterocycles. The van der Waals surface area contributed by atoms with Gasteiger partial charge in [-0.2, -0.15) is 0 Å². The van der Waals surface area contributed by atoms with Crippen molar-refractivity contribution in [1.82, 2.24) is 9.80 Å². The monoisotopic (exact) mass is 418 g/mol. The number of rotatable bonds is 9. The summed E-state index contributed by atoms with van der Waals surface area (Å²) in [5, 5.41) is 10.4. The lowest BCUT2D eigenvalue weighted by atomic mass is 10.3. The smallest absolute Gasteiger partial charge is 0.269 e. The lowest BCUT2D eigenvalue weighted by Crippen LogP contribution is -2.30. The number of nitro groups is 1. The molecule has 2 atom stereocenters. The normalized spacial score (nSPS) is 12.7. The zero-order valence-corrected chi connectivity index (χ0v) is 18.7. The quantitative estimate of drug-likeness (QED) is 0.378. The molecule has 0 bridgehead atoms. The van der Waals surface area contributed by atoms with Gasteiger partial charge in [-0.25, -0.2) is 0 Å². The topological polar surface area (TPSA) is 94.1 Å². The zero-order valence-electron chi connectivity index (χ0n) is 18.7. The van der Waals surface area contributed by atoms with Gasteiger partial charge in [0, 0.05) is 29.9 Å². The van der Waals surface area contributed by atoms with E-state index < -0.39 is 4.92 Å². The molecule has 0 aromatic heterocycles. The Labute approximate surface area is 179 Å². The second kappa shape index (κ2) is 12.7. The number of nitrogen functional groups attached to an aromatic ring is 1. The lowest BCUT2D eigenvalue weighted by molar-refractivity contribution is -0.384. The van der Waals surface area contributed by atoms with Crippen LogP contribution in [0.4, 0.5) is 11.4 Å². The van der Waals surface area contributed by atoms with Crippen LogP contribution in [0.15, 0.2) is 48.5 Å². The zero-order chi connectivity index (χ0) is 22.7. The molecule has 0 saturated carbocycles. The first-order chi connectivity index (χ1) is 14.1. The van der Waals surface area contributed by atoms with Gasteiger partial charge in [0.1, 0.15) is 24.7 Å². The Morgan fingerprint density at radius 2 is 1.20 bits per heavy atom. The standard InChI is InChI=1S/C11H16N2O3.C11H18N2O/c1-9(12(2)3)8-16-11-6-4-10(5-7-11)13(14)15;1-9(13(2)3)8-14-11-6-4-10(12)5-7-11/h4-7,9H,8H2,1-3H3;4-7,9H,8,12H2,1-3H3/t2*9-/m11/s1. The van der Waals surface area contributed by atoms with Crippen LogP contribution in [0.2, 0.25) is 0 Å². The number of hydrogen-bond acceptors (Lipinski definition) is 7. The fourth-order valence-electron chi connectivity index (χ4n) is 1.96. The highest BCUT2D eigenvalue weighted by atomic mass is 16.6. The number of nitrogens with zero attached hydrogens (tertiary/aromatic N) is 3. The molecular weight excluding hydrogens is 384 g/mol. The third-order valence-electron chi connectivity index (χ3n) is 4.67. The third-order valence-corrected chi connectivity index (χ3v) is 4.67. The molecular formula is C22H34N4O4. The van der Waals surface area contributed by atoms with E-state index in [0.29, 0.717) is 31.0 Å². The number of nitro benzene ring substituents is 1. The molecule has 2 aromatic rings. The number of nitrogens with two attached hydrogens (primary N) is 1. The first-order valence-electron chi connectivity index (χ1n) is 9.78. The van der Waals surface area contributed by atoms with Crippen molar-refractivity contribution < 1.29 is 14.4 Å². The summed E-state index contributed by atoms with van der Waals surface area (Å²) in [6.45, 7) is 5.42. The average Bonchev–Trinajstić information content (AvgIpc) is 2.71. The minimum atomic E-state index is -0.424. The first kappa shape index (κ1) is 25.2. The van der Waals surface area contributed by atoms with E-state index >= 15 is 0 Å². The summed E-state index contributed by atoms with van der Waals surface area (Å²) in [7, 11) is 8.03. The number of anilines is 1. The molecule has 8 nitrogen and oxygen atoms in total. The fraction of sp³-hybridized carbons (Fsp3) is 0.455. The number of non-ortho nitro benzene ring substituents is 1. The molecule has 2 aromatic carbocycles. The second-order valence-electron chi connectivity index (χ2n) is 7.57. The Balaban J connectivity index is 0.000000303. The van der Waals surface area contributed by atoms with Crippen molar-refractivity contribution in [3.63, 3.8) is 0 Å². The van der Waals surface area contributed by atoms with Crippen LogP contribution in [0, 0.1) is 10.1 Å². The molecule has 0 amide bonds. The van der Waals surface area contributed by atoms with Crippen LogP contribution in [0.3, 0.4) is 0 Å². The number of likely N-dealkylation sites (N-methyl/N-ethyl adjacent to an activating group) is 2. The van der Waals surface area contributed by atoms with Gasteiger partial charge >= 0.3 is 0 Å². The molecule has 30 heavy (non-hydrogen) atoms. The number of hydrogen-bond donors (Lipinski definition) is 1. The third kappa shape index (κ3) is 9.58. The van der Waals surface area contributed by atoms with Crippen molar-refractivity contribution in [1.29, 1.82) is 0 Å². The molecule has 0 saturated heterocycles. The molecule has 0 radical (unpaired) electrons. The van der Waals surface area contributed by atoms with Crippen LogP contribution in [-0.2, 0) is 0 Å². The molecule has 8 heteroatoms. The summed E-state index contributed by atoms with van der Waals surface area (Å²) in [6, 6.07) is 14.3. The fourth-order valence-corrected chi connectivity index (χ4v) is 1.96. The SMILES string of the molecule is C[C@H](COc1ccc(N)cc1)N(C)C.C[C@H](COc1ccc([N+](=O)[O-])cc1)N(C)C. The Kier molecular flexibility index (Phi) is 10.6. The molecule has 0 aliphatic carbocycles. The van der Waals surface area contributed by atoms with E-state index in [-0.39, 0.29) is 5.69 Å². The predicted octanol–water partition coefficient (Wildman–Crippen LogP) is 3.52. The van der Waals surface area contributed by atoms with E-state index in [1.54, 1.807) is 12.1 Å². The highest BCUT2D eigenvalue weighted by molar-refractivity contribution is 5.41. The predicted molar refractivity (Wildman–Crippen MR) is 121 cm³/mol. The molecule has 0 heterocycles. The van der Waals surface area contributed by atoms with Crippen LogP contribution >= 0.6 is 0 Å². The van der Waals surface area contributed by atoms with Crippen molar-refractivity contribution in [2.75, 3.05) is 47.1 Å². The van der Waals surface area contributed by atoms with Gasteiger partial charge in [-0.05, 0) is 78.4 Å². The average molecular weight is 419 g/mol. The van der Waals surface area contributed by atoms with Gasteiger partial charge in [0.15, 0.2) is 0 Å². The van der Waals surface area contributed by atoms with Gasteiger partial charge in [-0.3, -0.25) is 10.1 Å². The molecule has 0 aliphatic rings. The molecule has 166 valence electrons. The van der Waals surface area contributed by atoms with E-state index in [1.807, 2.05) is 64.3 Å². The van der Waals surface area contributed by atoms with Crippen LogP contribution in [0.1, 0.15) is 13.8 Å². The van der Waals surface area contributed by atoms with Gasteiger partial charge in [0.05, 0.1) is 4.92 Å². The van der Waals surface area contributed by atoms with Crippen molar-refractivity contribution >= 4 is 11.4 Å². The molecule has 2 N–H and O–H groups in total. The van der Waals surface area contributed by atoms with Crippen LogP contribution in [0.25, 0.3) is 0 Å². The van der Waals surface area contributed by atoms with Crippen molar-refractivity contribution in [3.8, 4) is 11.5 Å². The summed E-state index contributed by atoms with van der Waals surface area (Å²) in [5.74, 6) is 1.52. The van der Waals surface area contributed by atoms with Gasteiger partial charge < -0.3 is 25.0 Å². The summed E-state index contributed by atoms with van der Waals surface area (Å²) < 4.78 is 11.1. The van der Waals surface area contributed by atoms with Crippen LogP contribution in [0.5, 0.6) is 11.5 Å². The molecule has 0 fully saturated rings. The summed E-state index contributed by atoms with van der Waals surface area (Å²) in [5.41, 5.74) is 6.41. The van der Waals surface area contributed by atoms with Crippen LogP contribution in [-0.4, -0.2) is 68.2 Å². The van der Waals surface area contributed by atoms with E-state index in [9.17, 15) is 10.1 Å². The van der Waals surface area contributed by atoms with E-state index in [0.717, 1.165) is 11.4 Å². The maximum atomic E-state index is 10.4. The Morgan fingerprint density at radius 3 is 1.53 bits per heavy atom. The van der Waals surface area contributed by atoms with E-state index in [4.69, 9.17) is 15.2 Å². The van der Waals surface area contributed by atoms with E-state index in [1.165, 1.54) is 12.1 Å². The largest absolute Gasteiger partial charge is 0.492 e. The minimum Gasteiger partial charge on any atom is -0.492 e. The maximum absolute atomic E-state index is 10.4. The number of benzene rings is 2. The Morgan fingerprint density at radius 1 is 0.833 bits per heavy atom. The van der Waals surface area contributed by atoms with Crippen molar-refractivity contribution in [2.45, 2.75) is 25.9 Å². The van der Waals surface area contributed by atoms with Crippen molar-refractivity contribution in [3.05, 3.63) is 58.6 Å². The van der Waals surface area contributed by atoms with Gasteiger partial charge in [0.2, 0.25) is 0 Å². The van der Waals surface area contributed by atoms with Crippen LogP contribution < -0.4 is 15.2 Å². The van der Waals surface area contributed by atoms with Gasteiger partial charge in [-0.1, -0.05) is 0 Å². The van der Waals surface area contributed by atoms with E-state index in [2.05, 4.69) is 11.8 Å². The molecule has 0 spiro atoms. The van der Waals surface area contributed by atoms with Gasteiger partial charge in [-0.15, -0.1) is 0 Å². The second-order valence-corrected chi connectivity index (χ2v) is 7.57. The number of ether oxygens (including phenoxy) is 2. The lowest BCUT2D eigenvalue weighted by Gasteiger charge is -2.19. The summed E-state index contributed by atoms with van der Waals surface area (Å²) >= 11 is 0. The molecule has 0 unspecified atom stereocenters. The highest BCUT2D eigenvalue weighted by Crippen LogP contribution is 2.17. The summed E-state index contributed by atoms with van der Waals surface area (Å²) in [4.78, 5) is 14.2. The minimum absolute atomic E-state index is 0.0769. The maximum Gasteiger partial charge on any atom is 0.269 e. The Bertz CT molecular complexity index is 749. The van der Waals surface area contributed by atoms with Crippen molar-refractivity contribution in [2.24, 2.45) is 0 Å². The van der Waals surface area contributed by atoms with Gasteiger partial charge in [0.25, 0.3) is 5.69 Å². The summed E-state index contributed by atoms with van der Waals surface area (Å²) in [6.07, 6.45) is 0. The molecule has 2 rings (SSSR count). The first-order valence-corrected chi connectivity index (χ1v) is 9.78. The Hall–Kier alpha value is -2.84. The highest BCUT2D eigenvalue weighted by Gasteiger charge is 2.07.